The van der Waals surface area contributed by atoms with E-state index in [-0.39, 0.29) is 5.91 Å². The zero-order chi connectivity index (χ0) is 18.8. The highest BCUT2D eigenvalue weighted by molar-refractivity contribution is 7.19. The molecule has 1 aliphatic heterocycles. The fraction of sp³-hybridized carbons (Fsp3) is 0.444. The van der Waals surface area contributed by atoms with Crippen LogP contribution in [0.5, 0.6) is 0 Å². The van der Waals surface area contributed by atoms with Crippen molar-refractivity contribution in [1.29, 1.82) is 0 Å². The average Bonchev–Trinajstić information content (AvgIpc) is 3.31. The molecule has 1 fully saturated rings. The fourth-order valence-corrected chi connectivity index (χ4v) is 5.06. The molecule has 3 aromatic rings. The van der Waals surface area contributed by atoms with Gasteiger partial charge in [-0.05, 0) is 24.1 Å². The third-order valence-corrected chi connectivity index (χ3v) is 6.56. The number of anilines is 2. The van der Waals surface area contributed by atoms with Gasteiger partial charge in [-0.15, -0.1) is 21.5 Å². The Labute approximate surface area is 166 Å². The van der Waals surface area contributed by atoms with Gasteiger partial charge in [-0.25, -0.2) is 4.98 Å². The fourth-order valence-electron chi connectivity index (χ4n) is 3.56. The van der Waals surface area contributed by atoms with E-state index in [4.69, 9.17) is 0 Å². The number of hydrogen-bond donors (Lipinski definition) is 1. The van der Waals surface area contributed by atoms with E-state index in [1.54, 1.807) is 11.3 Å². The first-order chi connectivity index (χ1) is 13.1. The standard InChI is InChI=1S/C18H22N6OS2/c1-3-15(13-4-5-16-14(10-13)19-11-26-16)23-6-8-24(9-7-23)18-22-21-17(27-18)20-12(2)25/h4-5,10-11,15H,3,6-9H2,1-2H3,(H,20,21,25). The Hall–Kier alpha value is -2.10. The van der Waals surface area contributed by atoms with Gasteiger partial charge in [-0.3, -0.25) is 9.69 Å². The van der Waals surface area contributed by atoms with E-state index in [2.05, 4.69) is 55.4 Å². The van der Waals surface area contributed by atoms with Crippen LogP contribution in [0, 0.1) is 0 Å². The summed E-state index contributed by atoms with van der Waals surface area (Å²) in [5.74, 6) is -0.120. The topological polar surface area (TPSA) is 74.2 Å². The summed E-state index contributed by atoms with van der Waals surface area (Å²) in [6.07, 6.45) is 1.07. The second kappa shape index (κ2) is 7.87. The van der Waals surface area contributed by atoms with Gasteiger partial charge in [0.2, 0.25) is 16.2 Å². The molecule has 4 rings (SSSR count). The summed E-state index contributed by atoms with van der Waals surface area (Å²) >= 11 is 3.11. The quantitative estimate of drug-likeness (QED) is 0.705. The lowest BCUT2D eigenvalue weighted by Gasteiger charge is -2.39. The maximum absolute atomic E-state index is 11.2. The summed E-state index contributed by atoms with van der Waals surface area (Å²) < 4.78 is 1.24. The predicted octanol–water partition coefficient (Wildman–Crippen LogP) is 3.38. The van der Waals surface area contributed by atoms with Crippen molar-refractivity contribution in [1.82, 2.24) is 20.1 Å². The van der Waals surface area contributed by atoms with E-state index >= 15 is 0 Å². The van der Waals surface area contributed by atoms with Crippen LogP contribution in [-0.4, -0.2) is 52.2 Å². The largest absolute Gasteiger partial charge is 0.344 e. The number of carbonyl (C=O) groups is 1. The van der Waals surface area contributed by atoms with Crippen LogP contribution in [0.2, 0.25) is 0 Å². The molecule has 27 heavy (non-hydrogen) atoms. The van der Waals surface area contributed by atoms with E-state index < -0.39 is 0 Å². The predicted molar refractivity (Wildman–Crippen MR) is 111 cm³/mol. The van der Waals surface area contributed by atoms with Crippen LogP contribution < -0.4 is 10.2 Å². The molecule has 0 aliphatic carbocycles. The van der Waals surface area contributed by atoms with Crippen LogP contribution in [0.25, 0.3) is 10.2 Å². The first kappa shape index (κ1) is 18.3. The molecule has 2 aromatic heterocycles. The van der Waals surface area contributed by atoms with Crippen molar-refractivity contribution in [2.24, 2.45) is 0 Å². The minimum Gasteiger partial charge on any atom is -0.344 e. The van der Waals surface area contributed by atoms with Crippen LogP contribution in [0.15, 0.2) is 23.7 Å². The van der Waals surface area contributed by atoms with Crippen LogP contribution in [0.4, 0.5) is 10.3 Å². The van der Waals surface area contributed by atoms with Crippen LogP contribution in [-0.2, 0) is 4.79 Å². The number of amides is 1. The zero-order valence-electron chi connectivity index (χ0n) is 15.4. The maximum atomic E-state index is 11.2. The number of hydrogen-bond acceptors (Lipinski definition) is 8. The van der Waals surface area contributed by atoms with Crippen molar-refractivity contribution in [2.45, 2.75) is 26.3 Å². The number of carbonyl (C=O) groups excluding carboxylic acids is 1. The van der Waals surface area contributed by atoms with Gasteiger partial charge < -0.3 is 10.2 Å². The van der Waals surface area contributed by atoms with E-state index in [0.717, 1.165) is 43.2 Å². The zero-order valence-corrected chi connectivity index (χ0v) is 17.0. The molecule has 0 saturated carbocycles. The number of thiazole rings is 1. The molecule has 1 aliphatic rings. The van der Waals surface area contributed by atoms with E-state index in [1.807, 2.05) is 5.51 Å². The lowest BCUT2D eigenvalue weighted by Crippen LogP contribution is -2.47. The minimum atomic E-state index is -0.120. The molecule has 9 heteroatoms. The Kier molecular flexibility index (Phi) is 5.33. The van der Waals surface area contributed by atoms with Crippen molar-refractivity contribution < 1.29 is 4.79 Å². The maximum Gasteiger partial charge on any atom is 0.223 e. The minimum absolute atomic E-state index is 0.120. The second-order valence-corrected chi connectivity index (χ2v) is 8.44. The molecular weight excluding hydrogens is 380 g/mol. The normalized spacial score (nSPS) is 16.6. The van der Waals surface area contributed by atoms with Gasteiger partial charge in [0.05, 0.1) is 15.7 Å². The third-order valence-electron chi connectivity index (χ3n) is 4.85. The van der Waals surface area contributed by atoms with Gasteiger partial charge in [0.25, 0.3) is 0 Å². The Bertz CT molecular complexity index is 931. The monoisotopic (exact) mass is 402 g/mol. The van der Waals surface area contributed by atoms with Gasteiger partial charge in [0.1, 0.15) is 0 Å². The number of rotatable bonds is 5. The van der Waals surface area contributed by atoms with E-state index in [9.17, 15) is 4.79 Å². The Morgan fingerprint density at radius 3 is 2.81 bits per heavy atom. The first-order valence-corrected chi connectivity index (χ1v) is 10.8. The molecular formula is C18H22N6OS2. The lowest BCUT2D eigenvalue weighted by atomic mass is 10.0. The van der Waals surface area contributed by atoms with Crippen molar-refractivity contribution in [2.75, 3.05) is 36.4 Å². The van der Waals surface area contributed by atoms with E-state index in [1.165, 1.54) is 28.5 Å². The van der Waals surface area contributed by atoms with Gasteiger partial charge in [0, 0.05) is 39.1 Å². The molecule has 0 radical (unpaired) electrons. The SMILES string of the molecule is CCC(c1ccc2scnc2c1)N1CCN(c2nnc(NC(C)=O)s2)CC1. The molecule has 1 N–H and O–H groups in total. The number of fused-ring (bicyclic) bond motifs is 1. The van der Waals surface area contributed by atoms with Crippen molar-refractivity contribution in [3.8, 4) is 0 Å². The van der Waals surface area contributed by atoms with Crippen molar-refractivity contribution in [3.63, 3.8) is 0 Å². The molecule has 1 saturated heterocycles. The number of piperazine rings is 1. The third kappa shape index (κ3) is 3.95. The van der Waals surface area contributed by atoms with Gasteiger partial charge >= 0.3 is 0 Å². The summed E-state index contributed by atoms with van der Waals surface area (Å²) in [5, 5.41) is 12.4. The number of aromatic nitrogens is 3. The molecule has 0 spiro atoms. The Balaban J connectivity index is 1.42. The Morgan fingerprint density at radius 2 is 2.07 bits per heavy atom. The summed E-state index contributed by atoms with van der Waals surface area (Å²) in [6, 6.07) is 7.07. The molecule has 7 nitrogen and oxygen atoms in total. The molecule has 1 amide bonds. The summed E-state index contributed by atoms with van der Waals surface area (Å²) in [4.78, 5) is 20.4. The molecule has 0 bridgehead atoms. The van der Waals surface area contributed by atoms with Gasteiger partial charge in [-0.1, -0.05) is 24.3 Å². The molecule has 1 atom stereocenters. The number of nitrogens with one attached hydrogen (secondary N) is 1. The molecule has 1 unspecified atom stereocenters. The molecule has 3 heterocycles. The summed E-state index contributed by atoms with van der Waals surface area (Å²) in [6.45, 7) is 7.49. The molecule has 1 aromatic carbocycles. The highest BCUT2D eigenvalue weighted by atomic mass is 32.1. The molecule has 142 valence electrons. The smallest absolute Gasteiger partial charge is 0.223 e. The van der Waals surface area contributed by atoms with Crippen molar-refractivity contribution >= 4 is 49.1 Å². The van der Waals surface area contributed by atoms with Gasteiger partial charge in [-0.2, -0.15) is 0 Å². The number of nitrogens with zero attached hydrogens (tertiary/aromatic N) is 5. The van der Waals surface area contributed by atoms with Crippen molar-refractivity contribution in [3.05, 3.63) is 29.3 Å². The lowest BCUT2D eigenvalue weighted by molar-refractivity contribution is -0.114. The average molecular weight is 403 g/mol. The van der Waals surface area contributed by atoms with Crippen LogP contribution in [0.1, 0.15) is 31.9 Å². The Morgan fingerprint density at radius 1 is 1.26 bits per heavy atom. The van der Waals surface area contributed by atoms with Gasteiger partial charge in [0.15, 0.2) is 0 Å². The number of benzene rings is 1. The summed E-state index contributed by atoms with van der Waals surface area (Å²) in [5.41, 5.74) is 4.34. The first-order valence-electron chi connectivity index (χ1n) is 9.07. The van der Waals surface area contributed by atoms with E-state index in [0.29, 0.717) is 11.2 Å². The summed E-state index contributed by atoms with van der Waals surface area (Å²) in [7, 11) is 0. The second-order valence-electron chi connectivity index (χ2n) is 6.60. The highest BCUT2D eigenvalue weighted by Gasteiger charge is 2.26. The van der Waals surface area contributed by atoms with Crippen LogP contribution in [0.3, 0.4) is 0 Å². The highest BCUT2D eigenvalue weighted by Crippen LogP contribution is 2.31. The van der Waals surface area contributed by atoms with Crippen LogP contribution >= 0.6 is 22.7 Å².